The van der Waals surface area contributed by atoms with Gasteiger partial charge in [0.05, 0.1) is 18.8 Å². The lowest BCUT2D eigenvalue weighted by Gasteiger charge is -2.45. The Labute approximate surface area is 189 Å². The van der Waals surface area contributed by atoms with Gasteiger partial charge in [-0.25, -0.2) is 0 Å². The number of nitrogens with zero attached hydrogens (tertiary/aromatic N) is 3. The Kier molecular flexibility index (Phi) is 6.33. The molecule has 0 amide bonds. The molecule has 170 valence electrons. The van der Waals surface area contributed by atoms with Gasteiger partial charge in [-0.05, 0) is 87.4 Å². The first kappa shape index (κ1) is 21.4. The highest BCUT2D eigenvalue weighted by Crippen LogP contribution is 2.51. The van der Waals surface area contributed by atoms with Crippen LogP contribution in [0.25, 0.3) is 0 Å². The molecule has 2 saturated heterocycles. The molecule has 4 heteroatoms. The molecule has 5 rings (SSSR count). The molecule has 31 heavy (non-hydrogen) atoms. The zero-order valence-electron chi connectivity index (χ0n) is 19.3. The Bertz CT molecular complexity index is 706. The number of rotatable bonds is 5. The van der Waals surface area contributed by atoms with E-state index in [0.717, 1.165) is 57.0 Å². The van der Waals surface area contributed by atoms with Gasteiger partial charge in [-0.3, -0.25) is 0 Å². The van der Waals surface area contributed by atoms with Crippen LogP contribution in [0.4, 0.5) is 0 Å². The Morgan fingerprint density at radius 2 is 1.32 bits per heavy atom. The van der Waals surface area contributed by atoms with Gasteiger partial charge in [0.1, 0.15) is 0 Å². The average Bonchev–Trinajstić information content (AvgIpc) is 3.20. The van der Waals surface area contributed by atoms with E-state index in [1.807, 2.05) is 0 Å². The summed E-state index contributed by atoms with van der Waals surface area (Å²) in [5.41, 5.74) is 2.58. The number of piperazine rings is 1. The van der Waals surface area contributed by atoms with Crippen molar-refractivity contribution in [3.8, 4) is 6.07 Å². The van der Waals surface area contributed by atoms with Gasteiger partial charge in [-0.15, -0.1) is 0 Å². The van der Waals surface area contributed by atoms with E-state index in [4.69, 9.17) is 4.74 Å². The minimum Gasteiger partial charge on any atom is -0.372 e. The van der Waals surface area contributed by atoms with Crippen molar-refractivity contribution in [2.45, 2.75) is 70.3 Å². The van der Waals surface area contributed by atoms with Crippen LogP contribution in [0.15, 0.2) is 24.6 Å². The summed E-state index contributed by atoms with van der Waals surface area (Å²) in [5, 5.41) is 9.53. The largest absolute Gasteiger partial charge is 0.372 e. The smallest absolute Gasteiger partial charge is 0.0987 e. The van der Waals surface area contributed by atoms with Gasteiger partial charge in [0.15, 0.2) is 0 Å². The van der Waals surface area contributed by atoms with Crippen molar-refractivity contribution in [3.63, 3.8) is 0 Å². The summed E-state index contributed by atoms with van der Waals surface area (Å²) >= 11 is 0. The van der Waals surface area contributed by atoms with Crippen LogP contribution in [0.2, 0.25) is 0 Å². The van der Waals surface area contributed by atoms with Gasteiger partial charge in [-0.2, -0.15) is 5.26 Å². The van der Waals surface area contributed by atoms with E-state index in [-0.39, 0.29) is 6.10 Å². The first-order valence-corrected chi connectivity index (χ1v) is 13.0. The molecular weight excluding hydrogens is 382 g/mol. The van der Waals surface area contributed by atoms with Crippen LogP contribution in [0.5, 0.6) is 0 Å². The third-order valence-electron chi connectivity index (χ3n) is 9.69. The summed E-state index contributed by atoms with van der Waals surface area (Å²) in [6, 6.07) is 2.63. The summed E-state index contributed by atoms with van der Waals surface area (Å²) in [5.74, 6) is 4.39. The van der Waals surface area contributed by atoms with E-state index in [9.17, 15) is 5.26 Å². The van der Waals surface area contributed by atoms with E-state index >= 15 is 0 Å². The van der Waals surface area contributed by atoms with E-state index in [1.54, 1.807) is 0 Å². The average molecular weight is 424 g/mol. The maximum absolute atomic E-state index is 9.53. The van der Waals surface area contributed by atoms with Gasteiger partial charge in [-0.1, -0.05) is 13.2 Å². The zero-order valence-corrected chi connectivity index (χ0v) is 19.3. The van der Waals surface area contributed by atoms with Crippen molar-refractivity contribution in [2.24, 2.45) is 35.5 Å². The fourth-order valence-corrected chi connectivity index (χ4v) is 7.51. The second-order valence-corrected chi connectivity index (χ2v) is 11.0. The second kappa shape index (κ2) is 9.18. The van der Waals surface area contributed by atoms with Crippen LogP contribution >= 0.6 is 0 Å². The lowest BCUT2D eigenvalue weighted by molar-refractivity contribution is -0.0438. The molecule has 5 aliphatic rings. The molecule has 4 nitrogen and oxygen atoms in total. The molecule has 0 aromatic carbocycles. The molecule has 0 aromatic rings. The van der Waals surface area contributed by atoms with Gasteiger partial charge in [0.2, 0.25) is 0 Å². The lowest BCUT2D eigenvalue weighted by atomic mass is 9.65. The number of nitriles is 1. The topological polar surface area (TPSA) is 39.5 Å². The van der Waals surface area contributed by atoms with Gasteiger partial charge in [0, 0.05) is 49.9 Å². The van der Waals surface area contributed by atoms with E-state index in [1.165, 1.54) is 69.2 Å². The highest BCUT2D eigenvalue weighted by molar-refractivity contribution is 5.09. The normalized spacial score (nSPS) is 40.5. The molecular formula is C27H41N3O. The van der Waals surface area contributed by atoms with Crippen molar-refractivity contribution in [3.05, 3.63) is 24.6 Å². The van der Waals surface area contributed by atoms with E-state index in [2.05, 4.69) is 29.0 Å². The molecule has 5 fully saturated rings. The lowest BCUT2D eigenvalue weighted by Crippen LogP contribution is -2.49. The third-order valence-corrected chi connectivity index (χ3v) is 9.69. The predicted octanol–water partition coefficient (Wildman–Crippen LogP) is 5.19. The van der Waals surface area contributed by atoms with E-state index in [0.29, 0.717) is 17.8 Å². The molecule has 0 N–H and O–H groups in total. The molecule has 0 bridgehead atoms. The number of allylic oxidation sites excluding steroid dienone is 1. The zero-order chi connectivity index (χ0) is 21.4. The number of hydrogen-bond acceptors (Lipinski definition) is 4. The third kappa shape index (κ3) is 4.28. The fourth-order valence-electron chi connectivity index (χ4n) is 7.51. The van der Waals surface area contributed by atoms with Crippen molar-refractivity contribution in [2.75, 3.05) is 32.8 Å². The van der Waals surface area contributed by atoms with Crippen molar-refractivity contribution in [1.82, 2.24) is 9.80 Å². The second-order valence-electron chi connectivity index (χ2n) is 11.0. The van der Waals surface area contributed by atoms with Crippen LogP contribution in [0, 0.1) is 46.8 Å². The molecule has 5 atom stereocenters. The van der Waals surface area contributed by atoms with Crippen LogP contribution in [0.3, 0.4) is 0 Å². The van der Waals surface area contributed by atoms with Gasteiger partial charge in [0.25, 0.3) is 0 Å². The monoisotopic (exact) mass is 423 g/mol. The Morgan fingerprint density at radius 3 is 1.94 bits per heavy atom. The maximum Gasteiger partial charge on any atom is 0.0987 e. The highest BCUT2D eigenvalue weighted by atomic mass is 16.5. The summed E-state index contributed by atoms with van der Waals surface area (Å²) in [4.78, 5) is 4.98. The summed E-state index contributed by atoms with van der Waals surface area (Å²) < 4.78 is 5.62. The molecule has 3 aliphatic carbocycles. The molecule has 2 aliphatic heterocycles. The molecule has 5 unspecified atom stereocenters. The number of fused-ring (bicyclic) bond motifs is 1. The molecule has 0 spiro atoms. The summed E-state index contributed by atoms with van der Waals surface area (Å²) in [6.45, 7) is 14.0. The number of ether oxygens (including phenoxy) is 1. The maximum atomic E-state index is 9.53. The van der Waals surface area contributed by atoms with Crippen LogP contribution in [-0.2, 0) is 4.74 Å². The Hall–Kier alpha value is -1.47. The summed E-state index contributed by atoms with van der Waals surface area (Å²) in [7, 11) is 0. The minimum absolute atomic E-state index is 0.271. The minimum atomic E-state index is 0.271. The van der Waals surface area contributed by atoms with Crippen molar-refractivity contribution < 1.29 is 4.74 Å². The first-order valence-electron chi connectivity index (χ1n) is 13.0. The van der Waals surface area contributed by atoms with Crippen molar-refractivity contribution >= 4 is 0 Å². The molecule has 0 radical (unpaired) electrons. The van der Waals surface area contributed by atoms with Crippen LogP contribution in [0.1, 0.15) is 64.2 Å². The Morgan fingerprint density at radius 1 is 0.742 bits per heavy atom. The fraction of sp³-hybridized carbons (Fsp3) is 0.815. The van der Waals surface area contributed by atoms with Gasteiger partial charge < -0.3 is 14.5 Å². The Balaban J connectivity index is 1.07. The predicted molar refractivity (Wildman–Crippen MR) is 124 cm³/mol. The van der Waals surface area contributed by atoms with E-state index < -0.39 is 0 Å². The molecule has 0 aromatic heterocycles. The standard InChI is InChI=1S/C27H41N3O/c1-19(29-12-14-30(15-13-29)20(2)27-11-16-31-27)21-3-5-22(6-4-21)24-9-7-23-8-10-25(18-28)26(23)17-24/h21-27H,1-17H2. The molecule has 2 heterocycles. The van der Waals surface area contributed by atoms with Crippen molar-refractivity contribution in [1.29, 1.82) is 5.26 Å². The SMILES string of the molecule is C=C(C1CCC(C2CCC3CCC(C#N)C3C2)CC1)N1CCN(C(=C)C2CCO2)CC1. The molecule has 3 saturated carbocycles. The summed E-state index contributed by atoms with van der Waals surface area (Å²) in [6.07, 6.45) is 13.4. The first-order chi connectivity index (χ1) is 15.1. The van der Waals surface area contributed by atoms with Crippen LogP contribution < -0.4 is 0 Å². The quantitative estimate of drug-likeness (QED) is 0.610. The highest BCUT2D eigenvalue weighted by Gasteiger charge is 2.43. The number of hydrogen-bond donors (Lipinski definition) is 0. The van der Waals surface area contributed by atoms with Crippen LogP contribution in [-0.4, -0.2) is 48.7 Å². The van der Waals surface area contributed by atoms with Gasteiger partial charge >= 0.3 is 0 Å².